The Morgan fingerprint density at radius 3 is 2.27 bits per heavy atom. The Labute approximate surface area is 229 Å². The fourth-order valence-electron chi connectivity index (χ4n) is 7.83. The maximum Gasteiger partial charge on any atom is 0.416 e. The number of carbonyl (C=O) groups is 2. The third kappa shape index (κ3) is 4.80. The van der Waals surface area contributed by atoms with Crippen LogP contribution in [0.2, 0.25) is 0 Å². The second-order valence-corrected chi connectivity index (χ2v) is 11.9. The highest BCUT2D eigenvalue weighted by Gasteiger charge is 2.61. The van der Waals surface area contributed by atoms with Gasteiger partial charge in [0.25, 0.3) is 5.91 Å². The van der Waals surface area contributed by atoms with Gasteiger partial charge in [-0.1, -0.05) is 42.5 Å². The van der Waals surface area contributed by atoms with Gasteiger partial charge in [0.1, 0.15) is 18.4 Å². The number of carbonyl (C=O) groups excluding carboxylic acids is 1. The van der Waals surface area contributed by atoms with E-state index in [1.165, 1.54) is 12.1 Å². The maximum absolute atomic E-state index is 13.7. The largest absolute Gasteiger partial charge is 0.487 e. The Bertz CT molecular complexity index is 1450. The van der Waals surface area contributed by atoms with Crippen molar-refractivity contribution in [3.8, 4) is 5.75 Å². The van der Waals surface area contributed by atoms with Crippen LogP contribution in [0.3, 0.4) is 0 Å². The highest BCUT2D eigenvalue weighted by Crippen LogP contribution is 2.62. The van der Waals surface area contributed by atoms with Crippen LogP contribution in [0.25, 0.3) is 10.8 Å². The molecule has 9 heteroatoms. The van der Waals surface area contributed by atoms with Crippen molar-refractivity contribution in [1.82, 2.24) is 5.32 Å². The molecule has 0 heterocycles. The van der Waals surface area contributed by atoms with Crippen molar-refractivity contribution < 1.29 is 37.7 Å². The zero-order valence-electron chi connectivity index (χ0n) is 21.7. The van der Waals surface area contributed by atoms with Gasteiger partial charge in [0, 0.05) is 10.8 Å². The minimum Gasteiger partial charge on any atom is -0.487 e. The van der Waals surface area contributed by atoms with Crippen LogP contribution < -0.4 is 10.1 Å². The number of fused-ring (bicyclic) bond motifs is 1. The quantitative estimate of drug-likeness (QED) is 0.336. The molecule has 3 N–H and O–H groups in total. The van der Waals surface area contributed by atoms with E-state index in [0.29, 0.717) is 43.1 Å². The maximum atomic E-state index is 13.7. The van der Waals surface area contributed by atoms with Gasteiger partial charge in [-0.25, -0.2) is 4.79 Å². The number of aliphatic hydroxyl groups is 1. The summed E-state index contributed by atoms with van der Waals surface area (Å²) in [6.45, 7) is -0.0882. The van der Waals surface area contributed by atoms with Crippen molar-refractivity contribution in [1.29, 1.82) is 0 Å². The van der Waals surface area contributed by atoms with Gasteiger partial charge >= 0.3 is 12.1 Å². The van der Waals surface area contributed by atoms with E-state index < -0.39 is 40.7 Å². The molecule has 1 amide bonds. The lowest BCUT2D eigenvalue weighted by Crippen LogP contribution is -2.64. The van der Waals surface area contributed by atoms with Crippen LogP contribution in [-0.4, -0.2) is 33.7 Å². The van der Waals surface area contributed by atoms with Gasteiger partial charge in [0.2, 0.25) is 0 Å². The zero-order valence-corrected chi connectivity index (χ0v) is 21.7. The summed E-state index contributed by atoms with van der Waals surface area (Å²) in [7, 11) is 0. The number of nitrogens with one attached hydrogen (secondary N) is 1. The molecule has 4 fully saturated rings. The van der Waals surface area contributed by atoms with Crippen molar-refractivity contribution in [3.05, 3.63) is 77.4 Å². The van der Waals surface area contributed by atoms with Crippen LogP contribution >= 0.6 is 0 Å². The Morgan fingerprint density at radius 2 is 1.65 bits per heavy atom. The number of alkyl halides is 3. The van der Waals surface area contributed by atoms with Crippen LogP contribution in [0.5, 0.6) is 5.75 Å². The fraction of sp³-hybridized carbons (Fsp3) is 0.419. The summed E-state index contributed by atoms with van der Waals surface area (Å²) in [4.78, 5) is 26.3. The topological polar surface area (TPSA) is 95.9 Å². The predicted molar refractivity (Wildman–Crippen MR) is 141 cm³/mol. The van der Waals surface area contributed by atoms with Crippen molar-refractivity contribution in [3.63, 3.8) is 0 Å². The van der Waals surface area contributed by atoms with E-state index in [2.05, 4.69) is 5.32 Å². The summed E-state index contributed by atoms with van der Waals surface area (Å²) in [5.41, 5.74) is -1.76. The SMILES string of the molecule is O=C(N[C@H](C(=O)O)C12CC3CC(CC(O)(C3)C1)C2)c1ccc2ccccc2c1OCc1ccc(C(F)(F)F)cc1. The molecule has 3 atom stereocenters. The molecular weight excluding hydrogens is 523 g/mol. The summed E-state index contributed by atoms with van der Waals surface area (Å²) in [6.07, 6.45) is -0.462. The molecule has 6 nitrogen and oxygen atoms in total. The third-order valence-corrected chi connectivity index (χ3v) is 9.00. The van der Waals surface area contributed by atoms with Gasteiger partial charge in [-0.05, 0) is 79.5 Å². The third-order valence-electron chi connectivity index (χ3n) is 9.00. The molecule has 40 heavy (non-hydrogen) atoms. The predicted octanol–water partition coefficient (Wildman–Crippen LogP) is 5.95. The van der Waals surface area contributed by atoms with E-state index in [1.54, 1.807) is 24.3 Å². The molecule has 3 aromatic rings. The smallest absolute Gasteiger partial charge is 0.416 e. The summed E-state index contributed by atoms with van der Waals surface area (Å²) in [6, 6.07) is 14.0. The molecular formula is C31H30F3NO5. The van der Waals surface area contributed by atoms with Gasteiger partial charge in [-0.2, -0.15) is 13.2 Å². The Balaban J connectivity index is 1.29. The number of ether oxygens (including phenoxy) is 1. The lowest BCUT2D eigenvalue weighted by molar-refractivity contribution is -0.181. The molecule has 7 rings (SSSR count). The normalized spacial score (nSPS) is 27.9. The highest BCUT2D eigenvalue weighted by molar-refractivity contribution is 6.05. The molecule has 0 spiro atoms. The number of hydrogen-bond acceptors (Lipinski definition) is 4. The summed E-state index contributed by atoms with van der Waals surface area (Å²) >= 11 is 0. The number of benzene rings is 3. The van der Waals surface area contributed by atoms with Crippen molar-refractivity contribution >= 4 is 22.6 Å². The second-order valence-electron chi connectivity index (χ2n) is 11.9. The number of amides is 1. The molecule has 0 aliphatic heterocycles. The molecule has 2 unspecified atom stereocenters. The first-order valence-electron chi connectivity index (χ1n) is 13.5. The number of rotatable bonds is 7. The Kier molecular flexibility index (Phi) is 6.33. The average Bonchev–Trinajstić information content (AvgIpc) is 2.88. The van der Waals surface area contributed by atoms with Crippen LogP contribution in [0.15, 0.2) is 60.7 Å². The molecule has 4 aliphatic rings. The van der Waals surface area contributed by atoms with E-state index >= 15 is 0 Å². The zero-order chi connectivity index (χ0) is 28.3. The monoisotopic (exact) mass is 553 g/mol. The number of carboxylic acids is 1. The van der Waals surface area contributed by atoms with Gasteiger partial charge in [-0.3, -0.25) is 4.79 Å². The van der Waals surface area contributed by atoms with Crippen molar-refractivity contribution in [2.45, 2.75) is 63.0 Å². The van der Waals surface area contributed by atoms with Crippen LogP contribution in [0.4, 0.5) is 13.2 Å². The van der Waals surface area contributed by atoms with Gasteiger partial charge in [0.15, 0.2) is 0 Å². The summed E-state index contributed by atoms with van der Waals surface area (Å²) < 4.78 is 45.0. The summed E-state index contributed by atoms with van der Waals surface area (Å²) in [5.74, 6) is -1.03. The van der Waals surface area contributed by atoms with E-state index in [0.717, 1.165) is 23.9 Å². The summed E-state index contributed by atoms with van der Waals surface area (Å²) in [5, 5.41) is 25.6. The lowest BCUT2D eigenvalue weighted by atomic mass is 9.46. The van der Waals surface area contributed by atoms with Gasteiger partial charge in [-0.15, -0.1) is 0 Å². The lowest BCUT2D eigenvalue weighted by Gasteiger charge is -2.61. The second kappa shape index (κ2) is 9.51. The van der Waals surface area contributed by atoms with E-state index in [-0.39, 0.29) is 29.8 Å². The standard InChI is InChI=1S/C31H30F3NO5/c32-31(33,34)22-8-5-18(6-9-22)16-40-25-23-4-2-1-3-21(23)7-10-24(25)27(36)35-26(28(37)38)29-12-19-11-20(13-29)15-30(39,14-19)17-29/h1-10,19-20,26,39H,11-17H2,(H,35,36)(H,37,38)/t19?,20?,26-,29?,30?/m1/s1. The molecule has 0 saturated heterocycles. The highest BCUT2D eigenvalue weighted by atomic mass is 19.4. The van der Waals surface area contributed by atoms with Crippen molar-refractivity contribution in [2.24, 2.45) is 17.3 Å². The molecule has 210 valence electrons. The number of aliphatic carboxylic acids is 1. The van der Waals surface area contributed by atoms with E-state index in [9.17, 15) is 33.0 Å². The number of carboxylic acid groups (broad SMARTS) is 1. The first-order chi connectivity index (χ1) is 18.9. The van der Waals surface area contributed by atoms with Crippen LogP contribution in [-0.2, 0) is 17.6 Å². The van der Waals surface area contributed by atoms with Crippen LogP contribution in [0, 0.1) is 17.3 Å². The first-order valence-corrected chi connectivity index (χ1v) is 13.5. The number of halogens is 3. The molecule has 0 aromatic heterocycles. The Hall–Kier alpha value is -3.59. The van der Waals surface area contributed by atoms with Crippen molar-refractivity contribution in [2.75, 3.05) is 0 Å². The van der Waals surface area contributed by atoms with Crippen LogP contribution in [0.1, 0.15) is 60.0 Å². The minimum absolute atomic E-state index is 0.0882. The van der Waals surface area contributed by atoms with E-state index in [1.807, 2.05) is 12.1 Å². The first kappa shape index (κ1) is 26.6. The molecule has 0 radical (unpaired) electrons. The molecule has 4 aliphatic carbocycles. The Morgan fingerprint density at radius 1 is 0.975 bits per heavy atom. The van der Waals surface area contributed by atoms with Gasteiger partial charge < -0.3 is 20.3 Å². The average molecular weight is 554 g/mol. The number of hydrogen-bond donors (Lipinski definition) is 3. The van der Waals surface area contributed by atoms with Gasteiger partial charge in [0.05, 0.1) is 16.7 Å². The fourth-order valence-corrected chi connectivity index (χ4v) is 7.83. The molecule has 4 bridgehead atoms. The molecule has 3 aromatic carbocycles. The van der Waals surface area contributed by atoms with E-state index in [4.69, 9.17) is 4.74 Å². The molecule has 4 saturated carbocycles. The minimum atomic E-state index is -4.45.